The molecule has 1 rings (SSSR count). The SMILES string of the molecule is C=Cc1ccccc1NS. The second-order valence-corrected chi connectivity index (χ2v) is 2.13. The van der Waals surface area contributed by atoms with Gasteiger partial charge in [-0.2, -0.15) is 0 Å². The molecule has 0 amide bonds. The van der Waals surface area contributed by atoms with Crippen LogP contribution >= 0.6 is 12.8 Å². The van der Waals surface area contributed by atoms with Crippen molar-refractivity contribution in [3.8, 4) is 0 Å². The van der Waals surface area contributed by atoms with E-state index in [2.05, 4.69) is 24.1 Å². The fourth-order valence-electron chi connectivity index (χ4n) is 0.777. The molecule has 0 saturated heterocycles. The fraction of sp³-hybridized carbons (Fsp3) is 0. The number of benzene rings is 1. The average molecular weight is 151 g/mol. The zero-order chi connectivity index (χ0) is 7.40. The van der Waals surface area contributed by atoms with Gasteiger partial charge in [-0.15, -0.1) is 0 Å². The average Bonchev–Trinajstić information content (AvgIpc) is 2.04. The summed E-state index contributed by atoms with van der Waals surface area (Å²) in [5, 5.41) is 0. The van der Waals surface area contributed by atoms with E-state index in [9.17, 15) is 0 Å². The van der Waals surface area contributed by atoms with Gasteiger partial charge in [0.2, 0.25) is 0 Å². The molecule has 0 aliphatic heterocycles. The molecule has 0 unspecified atom stereocenters. The highest BCUT2D eigenvalue weighted by Crippen LogP contribution is 2.15. The zero-order valence-corrected chi connectivity index (χ0v) is 6.44. The fourth-order valence-corrected chi connectivity index (χ4v) is 0.980. The lowest BCUT2D eigenvalue weighted by molar-refractivity contribution is 1.64. The zero-order valence-electron chi connectivity index (χ0n) is 5.54. The summed E-state index contributed by atoms with van der Waals surface area (Å²) in [4.78, 5) is 0. The molecule has 0 aliphatic carbocycles. The highest BCUT2D eigenvalue weighted by Gasteiger charge is 1.91. The van der Waals surface area contributed by atoms with Gasteiger partial charge < -0.3 is 4.72 Å². The van der Waals surface area contributed by atoms with Crippen LogP contribution in [-0.4, -0.2) is 0 Å². The van der Waals surface area contributed by atoms with Crippen LogP contribution in [0.15, 0.2) is 30.8 Å². The van der Waals surface area contributed by atoms with E-state index in [0.717, 1.165) is 11.3 Å². The Morgan fingerprint density at radius 1 is 1.40 bits per heavy atom. The normalized spacial score (nSPS) is 8.90. The van der Waals surface area contributed by atoms with Crippen LogP contribution in [0.1, 0.15) is 5.56 Å². The number of para-hydroxylation sites is 1. The van der Waals surface area contributed by atoms with E-state index in [1.165, 1.54) is 0 Å². The third-order valence-electron chi connectivity index (χ3n) is 1.30. The van der Waals surface area contributed by atoms with Crippen LogP contribution in [0.2, 0.25) is 0 Å². The highest BCUT2D eigenvalue weighted by molar-refractivity contribution is 7.81. The van der Waals surface area contributed by atoms with Gasteiger partial charge in [0, 0.05) is 0 Å². The first-order valence-electron chi connectivity index (χ1n) is 3.00. The minimum atomic E-state index is 0.987. The minimum absolute atomic E-state index is 0.987. The van der Waals surface area contributed by atoms with Crippen molar-refractivity contribution < 1.29 is 0 Å². The summed E-state index contributed by atoms with van der Waals surface area (Å²) in [6, 6.07) is 7.84. The van der Waals surface area contributed by atoms with Crippen molar-refractivity contribution in [1.82, 2.24) is 0 Å². The molecule has 10 heavy (non-hydrogen) atoms. The van der Waals surface area contributed by atoms with Gasteiger partial charge in [0.25, 0.3) is 0 Å². The summed E-state index contributed by atoms with van der Waals surface area (Å²) in [5.74, 6) is 0. The predicted octanol–water partition coefficient (Wildman–Crippen LogP) is 2.59. The molecule has 0 bridgehead atoms. The summed E-state index contributed by atoms with van der Waals surface area (Å²) in [7, 11) is 0. The van der Waals surface area contributed by atoms with Gasteiger partial charge in [0.05, 0.1) is 5.69 Å². The summed E-state index contributed by atoms with van der Waals surface area (Å²) in [6.07, 6.45) is 1.79. The Kier molecular flexibility index (Phi) is 2.40. The second-order valence-electron chi connectivity index (χ2n) is 1.90. The van der Waals surface area contributed by atoms with E-state index in [1.807, 2.05) is 24.3 Å². The topological polar surface area (TPSA) is 12.0 Å². The van der Waals surface area contributed by atoms with Gasteiger partial charge in [0.1, 0.15) is 0 Å². The molecule has 0 radical (unpaired) electrons. The molecule has 0 saturated carbocycles. The van der Waals surface area contributed by atoms with Crippen LogP contribution in [0.4, 0.5) is 5.69 Å². The summed E-state index contributed by atoms with van der Waals surface area (Å²) >= 11 is 3.94. The van der Waals surface area contributed by atoms with Crippen molar-refractivity contribution in [2.24, 2.45) is 0 Å². The monoisotopic (exact) mass is 151 g/mol. The minimum Gasteiger partial charge on any atom is -0.332 e. The lowest BCUT2D eigenvalue weighted by Gasteiger charge is -2.01. The summed E-state index contributed by atoms with van der Waals surface area (Å²) < 4.78 is 2.77. The largest absolute Gasteiger partial charge is 0.332 e. The first-order valence-corrected chi connectivity index (χ1v) is 3.45. The molecular formula is C8H9NS. The van der Waals surface area contributed by atoms with Crippen LogP contribution in [0.5, 0.6) is 0 Å². The first-order chi connectivity index (χ1) is 4.88. The second kappa shape index (κ2) is 3.32. The predicted molar refractivity (Wildman–Crippen MR) is 49.1 cm³/mol. The number of hydrogen-bond acceptors (Lipinski definition) is 2. The number of hydrogen-bond donors (Lipinski definition) is 2. The van der Waals surface area contributed by atoms with Crippen molar-refractivity contribution in [1.29, 1.82) is 0 Å². The van der Waals surface area contributed by atoms with Gasteiger partial charge in [-0.3, -0.25) is 0 Å². The van der Waals surface area contributed by atoms with Gasteiger partial charge in [0.15, 0.2) is 0 Å². The summed E-state index contributed by atoms with van der Waals surface area (Å²) in [5.41, 5.74) is 2.05. The van der Waals surface area contributed by atoms with Crippen LogP contribution in [0.25, 0.3) is 6.08 Å². The third-order valence-corrected chi connectivity index (χ3v) is 1.54. The Labute approximate surface area is 66.3 Å². The van der Waals surface area contributed by atoms with E-state index in [0.29, 0.717) is 0 Å². The number of thiol groups is 1. The standard InChI is InChI=1S/C8H9NS/c1-2-7-5-3-4-6-8(7)9-10/h2-6,9-10H,1H2. The lowest BCUT2D eigenvalue weighted by atomic mass is 10.2. The molecule has 0 aliphatic rings. The van der Waals surface area contributed by atoms with E-state index < -0.39 is 0 Å². The van der Waals surface area contributed by atoms with Crippen LogP contribution in [0.3, 0.4) is 0 Å². The van der Waals surface area contributed by atoms with Crippen molar-refractivity contribution in [3.63, 3.8) is 0 Å². The molecule has 1 N–H and O–H groups in total. The third kappa shape index (κ3) is 1.33. The van der Waals surface area contributed by atoms with Crippen molar-refractivity contribution in [3.05, 3.63) is 36.4 Å². The molecular weight excluding hydrogens is 142 g/mol. The van der Waals surface area contributed by atoms with E-state index in [4.69, 9.17) is 0 Å². The Hall–Kier alpha value is -0.890. The Bertz CT molecular complexity index is 232. The van der Waals surface area contributed by atoms with Gasteiger partial charge in [-0.1, -0.05) is 43.7 Å². The van der Waals surface area contributed by atoms with Crippen molar-refractivity contribution >= 4 is 24.6 Å². The van der Waals surface area contributed by atoms with E-state index in [1.54, 1.807) is 6.08 Å². The number of anilines is 1. The Morgan fingerprint density at radius 2 is 2.10 bits per heavy atom. The van der Waals surface area contributed by atoms with Crippen LogP contribution in [0, 0.1) is 0 Å². The number of rotatable bonds is 2. The smallest absolute Gasteiger partial charge is 0.0510 e. The Balaban J connectivity index is 3.08. The highest BCUT2D eigenvalue weighted by atomic mass is 32.1. The van der Waals surface area contributed by atoms with Crippen molar-refractivity contribution in [2.75, 3.05) is 4.72 Å². The molecule has 0 fully saturated rings. The first kappa shape index (κ1) is 7.22. The molecule has 1 nitrogen and oxygen atoms in total. The molecule has 0 atom stereocenters. The van der Waals surface area contributed by atoms with Gasteiger partial charge >= 0.3 is 0 Å². The van der Waals surface area contributed by atoms with Gasteiger partial charge in [-0.05, 0) is 11.6 Å². The maximum atomic E-state index is 3.94. The molecule has 52 valence electrons. The van der Waals surface area contributed by atoms with E-state index in [-0.39, 0.29) is 0 Å². The van der Waals surface area contributed by atoms with E-state index >= 15 is 0 Å². The molecule has 1 aromatic carbocycles. The van der Waals surface area contributed by atoms with Crippen LogP contribution < -0.4 is 4.72 Å². The quantitative estimate of drug-likeness (QED) is 0.619. The maximum absolute atomic E-state index is 3.94. The molecule has 0 heterocycles. The number of nitrogens with one attached hydrogen (secondary N) is 1. The summed E-state index contributed by atoms with van der Waals surface area (Å²) in [6.45, 7) is 3.67. The molecule has 2 heteroatoms. The maximum Gasteiger partial charge on any atom is 0.0510 e. The van der Waals surface area contributed by atoms with Crippen LogP contribution in [-0.2, 0) is 0 Å². The Morgan fingerprint density at radius 3 is 2.60 bits per heavy atom. The molecule has 0 spiro atoms. The van der Waals surface area contributed by atoms with Crippen molar-refractivity contribution in [2.45, 2.75) is 0 Å². The lowest BCUT2D eigenvalue weighted by Crippen LogP contribution is -1.82. The van der Waals surface area contributed by atoms with Gasteiger partial charge in [-0.25, -0.2) is 0 Å². The molecule has 1 aromatic rings. The molecule has 0 aromatic heterocycles.